The van der Waals surface area contributed by atoms with Gasteiger partial charge in [0.15, 0.2) is 0 Å². The van der Waals surface area contributed by atoms with E-state index in [4.69, 9.17) is 0 Å². The van der Waals surface area contributed by atoms with Crippen molar-refractivity contribution in [1.82, 2.24) is 19.5 Å². The van der Waals surface area contributed by atoms with Gasteiger partial charge >= 0.3 is 6.18 Å². The molecule has 2 heterocycles. The monoisotopic (exact) mass is 271 g/mol. The van der Waals surface area contributed by atoms with Crippen molar-refractivity contribution in [3.8, 4) is 5.82 Å². The van der Waals surface area contributed by atoms with Gasteiger partial charge in [0.05, 0.1) is 0 Å². The number of aromatic nitrogens is 4. The number of halogens is 3. The van der Waals surface area contributed by atoms with Gasteiger partial charge in [-0.1, -0.05) is 0 Å². The molecule has 0 aliphatic carbocycles. The third-order valence-corrected chi connectivity index (χ3v) is 2.40. The van der Waals surface area contributed by atoms with Crippen molar-refractivity contribution in [1.29, 1.82) is 0 Å². The number of nitrogens with one attached hydrogen (secondary N) is 1. The summed E-state index contributed by atoms with van der Waals surface area (Å²) in [7, 11) is 0. The zero-order chi connectivity index (χ0) is 14.0. The highest BCUT2D eigenvalue weighted by atomic mass is 19.4. The summed E-state index contributed by atoms with van der Waals surface area (Å²) in [5.74, 6) is -0.357. The third-order valence-electron chi connectivity index (χ3n) is 2.40. The van der Waals surface area contributed by atoms with Crippen LogP contribution in [0.2, 0.25) is 0 Å². The Bertz CT molecular complexity index is 576. The molecule has 19 heavy (non-hydrogen) atoms. The first-order valence-electron chi connectivity index (χ1n) is 5.62. The van der Waals surface area contributed by atoms with Gasteiger partial charge in [-0.2, -0.15) is 13.2 Å². The van der Waals surface area contributed by atoms with Crippen molar-refractivity contribution in [3.05, 3.63) is 30.1 Å². The van der Waals surface area contributed by atoms with Crippen LogP contribution in [0.1, 0.15) is 18.6 Å². The lowest BCUT2D eigenvalue weighted by atomic mass is 10.4. The van der Waals surface area contributed by atoms with Crippen molar-refractivity contribution < 1.29 is 13.2 Å². The summed E-state index contributed by atoms with van der Waals surface area (Å²) in [5, 5.41) is 2.76. The van der Waals surface area contributed by atoms with Gasteiger partial charge in [-0.15, -0.1) is 0 Å². The molecule has 0 amide bonds. The minimum absolute atomic E-state index is 0.132. The van der Waals surface area contributed by atoms with Gasteiger partial charge in [-0.25, -0.2) is 15.0 Å². The second-order valence-electron chi connectivity index (χ2n) is 3.81. The summed E-state index contributed by atoms with van der Waals surface area (Å²) in [6, 6.07) is 1.45. The van der Waals surface area contributed by atoms with Gasteiger partial charge < -0.3 is 5.32 Å². The first-order chi connectivity index (χ1) is 8.91. The number of aryl methyl sites for hydroxylation is 1. The van der Waals surface area contributed by atoms with E-state index in [1.165, 1.54) is 16.8 Å². The molecule has 2 rings (SSSR count). The summed E-state index contributed by atoms with van der Waals surface area (Å²) in [4.78, 5) is 11.0. The minimum atomic E-state index is -4.59. The highest BCUT2D eigenvalue weighted by Gasteiger charge is 2.35. The summed E-state index contributed by atoms with van der Waals surface area (Å²) in [5.41, 5.74) is 0. The lowest BCUT2D eigenvalue weighted by Gasteiger charge is -2.11. The average Bonchev–Trinajstić information content (AvgIpc) is 2.74. The van der Waals surface area contributed by atoms with Crippen LogP contribution in [0, 0.1) is 6.92 Å². The predicted octanol–water partition coefficient (Wildman–Crippen LogP) is 2.42. The quantitative estimate of drug-likeness (QED) is 0.931. The van der Waals surface area contributed by atoms with Crippen molar-refractivity contribution in [2.24, 2.45) is 0 Å². The van der Waals surface area contributed by atoms with E-state index in [1.807, 2.05) is 0 Å². The van der Waals surface area contributed by atoms with E-state index in [-0.39, 0.29) is 11.6 Å². The largest absolute Gasteiger partial charge is 0.451 e. The number of anilines is 1. The van der Waals surface area contributed by atoms with E-state index in [1.54, 1.807) is 20.0 Å². The van der Waals surface area contributed by atoms with Crippen LogP contribution in [-0.2, 0) is 6.18 Å². The van der Waals surface area contributed by atoms with E-state index < -0.39 is 12.0 Å². The molecule has 0 aliphatic rings. The molecule has 0 radical (unpaired) electrons. The van der Waals surface area contributed by atoms with Gasteiger partial charge in [0.1, 0.15) is 17.5 Å². The zero-order valence-corrected chi connectivity index (χ0v) is 10.4. The van der Waals surface area contributed by atoms with Crippen LogP contribution in [0.25, 0.3) is 5.82 Å². The van der Waals surface area contributed by atoms with Crippen molar-refractivity contribution in [3.63, 3.8) is 0 Å². The van der Waals surface area contributed by atoms with E-state index in [2.05, 4.69) is 20.3 Å². The SMILES string of the molecule is CCNc1cc(-n2ccnc2C)nc(C(F)(F)F)n1. The van der Waals surface area contributed by atoms with E-state index in [0.717, 1.165) is 0 Å². The predicted molar refractivity (Wildman–Crippen MR) is 63.1 cm³/mol. The number of imidazole rings is 1. The Kier molecular flexibility index (Phi) is 3.41. The van der Waals surface area contributed by atoms with Crippen LogP contribution in [0.5, 0.6) is 0 Å². The third kappa shape index (κ3) is 2.83. The van der Waals surface area contributed by atoms with Gasteiger partial charge in [-0.3, -0.25) is 4.57 Å². The second-order valence-corrected chi connectivity index (χ2v) is 3.81. The molecule has 0 bridgehead atoms. The maximum Gasteiger partial charge on any atom is 0.451 e. The van der Waals surface area contributed by atoms with Crippen LogP contribution in [0.15, 0.2) is 18.5 Å². The Hall–Kier alpha value is -2.12. The fourth-order valence-electron chi connectivity index (χ4n) is 1.58. The van der Waals surface area contributed by atoms with Gasteiger partial charge in [0, 0.05) is 25.0 Å². The van der Waals surface area contributed by atoms with E-state index in [9.17, 15) is 13.2 Å². The van der Waals surface area contributed by atoms with Crippen LogP contribution in [-0.4, -0.2) is 26.1 Å². The number of rotatable bonds is 3. The first kappa shape index (κ1) is 13.3. The highest BCUT2D eigenvalue weighted by Crippen LogP contribution is 2.28. The van der Waals surface area contributed by atoms with Crippen molar-refractivity contribution in [2.75, 3.05) is 11.9 Å². The molecular formula is C11H12F3N5. The minimum Gasteiger partial charge on any atom is -0.370 e. The first-order valence-corrected chi connectivity index (χ1v) is 5.62. The second kappa shape index (κ2) is 4.87. The van der Waals surface area contributed by atoms with Gasteiger partial charge in [0.25, 0.3) is 0 Å². The van der Waals surface area contributed by atoms with E-state index >= 15 is 0 Å². The maximum atomic E-state index is 12.8. The lowest BCUT2D eigenvalue weighted by Crippen LogP contribution is -2.15. The Morgan fingerprint density at radius 3 is 2.58 bits per heavy atom. The molecule has 0 fully saturated rings. The smallest absolute Gasteiger partial charge is 0.370 e. The molecule has 0 aliphatic heterocycles. The summed E-state index contributed by atoms with van der Waals surface area (Å²) in [6.45, 7) is 3.93. The van der Waals surface area contributed by atoms with Crippen LogP contribution < -0.4 is 5.32 Å². The highest BCUT2D eigenvalue weighted by molar-refractivity contribution is 5.42. The normalized spacial score (nSPS) is 11.6. The molecular weight excluding hydrogens is 259 g/mol. The Labute approximate surface area is 107 Å². The molecule has 2 aromatic rings. The molecule has 0 saturated heterocycles. The van der Waals surface area contributed by atoms with Gasteiger partial charge in [-0.05, 0) is 13.8 Å². The number of hydrogen-bond donors (Lipinski definition) is 1. The van der Waals surface area contributed by atoms with Crippen LogP contribution >= 0.6 is 0 Å². The Balaban J connectivity index is 2.55. The average molecular weight is 271 g/mol. The molecule has 2 aromatic heterocycles. The van der Waals surface area contributed by atoms with Crippen molar-refractivity contribution in [2.45, 2.75) is 20.0 Å². The molecule has 0 unspecified atom stereocenters. The molecule has 8 heteroatoms. The molecule has 102 valence electrons. The molecule has 0 aromatic carbocycles. The Morgan fingerprint density at radius 1 is 1.32 bits per heavy atom. The summed E-state index contributed by atoms with van der Waals surface area (Å²) in [6.07, 6.45) is -1.54. The van der Waals surface area contributed by atoms with Crippen LogP contribution in [0.4, 0.5) is 19.0 Å². The van der Waals surface area contributed by atoms with Crippen LogP contribution in [0.3, 0.4) is 0 Å². The number of alkyl halides is 3. The molecule has 5 nitrogen and oxygen atoms in total. The van der Waals surface area contributed by atoms with Crippen molar-refractivity contribution >= 4 is 5.82 Å². The molecule has 1 N–H and O–H groups in total. The Morgan fingerprint density at radius 2 is 2.05 bits per heavy atom. The van der Waals surface area contributed by atoms with E-state index in [0.29, 0.717) is 12.4 Å². The molecule has 0 atom stereocenters. The maximum absolute atomic E-state index is 12.8. The number of hydrogen-bond acceptors (Lipinski definition) is 4. The van der Waals surface area contributed by atoms with Gasteiger partial charge in [0.2, 0.25) is 5.82 Å². The lowest BCUT2D eigenvalue weighted by molar-refractivity contribution is -0.144. The standard InChI is InChI=1S/C11H12F3N5/c1-3-15-8-6-9(19-5-4-16-7(19)2)18-10(17-8)11(12,13)14/h4-6H,3H2,1-2H3,(H,15,17,18). The zero-order valence-electron chi connectivity index (χ0n) is 10.4. The molecule has 0 spiro atoms. The molecule has 0 saturated carbocycles. The fraction of sp³-hybridized carbons (Fsp3) is 0.364. The summed E-state index contributed by atoms with van der Waals surface area (Å²) >= 11 is 0. The fourth-order valence-corrected chi connectivity index (χ4v) is 1.58. The number of nitrogens with zero attached hydrogens (tertiary/aromatic N) is 4. The summed E-state index contributed by atoms with van der Waals surface area (Å²) < 4.78 is 39.7. The topological polar surface area (TPSA) is 55.6 Å².